The van der Waals surface area contributed by atoms with Gasteiger partial charge in [0, 0.05) is 18.2 Å². The lowest BCUT2D eigenvalue weighted by Crippen LogP contribution is -2.44. The first-order valence-electron chi connectivity index (χ1n) is 7.89. The Kier molecular flexibility index (Phi) is 5.76. The molecule has 1 fully saturated rings. The van der Waals surface area contributed by atoms with Crippen molar-refractivity contribution in [3.8, 4) is 0 Å². The first-order valence-corrected chi connectivity index (χ1v) is 7.89. The molecule has 3 N–H and O–H groups in total. The van der Waals surface area contributed by atoms with E-state index in [1.807, 2.05) is 24.6 Å². The highest BCUT2D eigenvalue weighted by molar-refractivity contribution is 5.91. The van der Waals surface area contributed by atoms with Crippen LogP contribution in [0.2, 0.25) is 0 Å². The molecule has 1 saturated heterocycles. The Morgan fingerprint density at radius 2 is 2.33 bits per heavy atom. The van der Waals surface area contributed by atoms with Gasteiger partial charge >= 0.3 is 0 Å². The second-order valence-electron chi connectivity index (χ2n) is 6.00. The van der Waals surface area contributed by atoms with Gasteiger partial charge in [-0.1, -0.05) is 6.42 Å². The molecule has 0 aromatic carbocycles. The number of nitrogens with one attached hydrogen (secondary N) is 1. The number of anilines is 1. The van der Waals surface area contributed by atoms with Gasteiger partial charge in [0.15, 0.2) is 0 Å². The highest BCUT2D eigenvalue weighted by Crippen LogP contribution is 2.19. The van der Waals surface area contributed by atoms with Gasteiger partial charge in [0.05, 0.1) is 12.7 Å². The van der Waals surface area contributed by atoms with Crippen molar-refractivity contribution in [3.63, 3.8) is 0 Å². The standard InChI is InChI=1S/C15H27N5O/c1-12(2)20-14(7-9-17-20)18-15(21)11-19-10-4-3-5-13(19)6-8-16/h7,9,12-13H,3-6,8,10-11,16H2,1-2H3,(H,18,21). The van der Waals surface area contributed by atoms with Crippen LogP contribution in [0.3, 0.4) is 0 Å². The highest BCUT2D eigenvalue weighted by atomic mass is 16.2. The van der Waals surface area contributed by atoms with Crippen molar-refractivity contribution in [3.05, 3.63) is 12.3 Å². The molecule has 0 saturated carbocycles. The fourth-order valence-corrected chi connectivity index (χ4v) is 2.98. The van der Waals surface area contributed by atoms with E-state index in [9.17, 15) is 4.79 Å². The number of piperidine rings is 1. The molecule has 1 aliphatic heterocycles. The minimum absolute atomic E-state index is 0.0290. The summed E-state index contributed by atoms with van der Waals surface area (Å²) in [7, 11) is 0. The zero-order chi connectivity index (χ0) is 15.2. The third kappa shape index (κ3) is 4.28. The van der Waals surface area contributed by atoms with Crippen molar-refractivity contribution in [1.82, 2.24) is 14.7 Å². The van der Waals surface area contributed by atoms with Gasteiger partial charge in [-0.25, -0.2) is 4.68 Å². The smallest absolute Gasteiger partial charge is 0.239 e. The summed E-state index contributed by atoms with van der Waals surface area (Å²) >= 11 is 0. The molecule has 1 atom stereocenters. The average Bonchev–Trinajstić information content (AvgIpc) is 2.89. The second-order valence-corrected chi connectivity index (χ2v) is 6.00. The van der Waals surface area contributed by atoms with E-state index in [4.69, 9.17) is 5.73 Å². The zero-order valence-electron chi connectivity index (χ0n) is 13.1. The van der Waals surface area contributed by atoms with Crippen LogP contribution in [0.15, 0.2) is 12.3 Å². The van der Waals surface area contributed by atoms with Crippen molar-refractivity contribution in [1.29, 1.82) is 0 Å². The lowest BCUT2D eigenvalue weighted by Gasteiger charge is -2.35. The van der Waals surface area contributed by atoms with Gasteiger partial charge in [-0.3, -0.25) is 9.69 Å². The molecular weight excluding hydrogens is 266 g/mol. The predicted molar refractivity (Wildman–Crippen MR) is 84.1 cm³/mol. The summed E-state index contributed by atoms with van der Waals surface area (Å²) in [5.74, 6) is 0.795. The molecule has 1 amide bonds. The van der Waals surface area contributed by atoms with Gasteiger partial charge in [0.25, 0.3) is 0 Å². The van der Waals surface area contributed by atoms with Crippen LogP contribution in [0.1, 0.15) is 45.6 Å². The van der Waals surface area contributed by atoms with Crippen molar-refractivity contribution in [2.45, 2.75) is 51.6 Å². The molecule has 2 rings (SSSR count). The Labute approximate surface area is 126 Å². The van der Waals surface area contributed by atoms with E-state index in [2.05, 4.69) is 15.3 Å². The largest absolute Gasteiger partial charge is 0.330 e. The SMILES string of the molecule is CC(C)n1nccc1NC(=O)CN1CCCCC1CCN. The maximum Gasteiger partial charge on any atom is 0.239 e. The van der Waals surface area contributed by atoms with Gasteiger partial charge in [-0.15, -0.1) is 0 Å². The lowest BCUT2D eigenvalue weighted by molar-refractivity contribution is -0.118. The molecule has 1 unspecified atom stereocenters. The summed E-state index contributed by atoms with van der Waals surface area (Å²) in [5.41, 5.74) is 5.68. The van der Waals surface area contributed by atoms with E-state index < -0.39 is 0 Å². The van der Waals surface area contributed by atoms with Gasteiger partial charge in [0.2, 0.25) is 5.91 Å². The first-order chi connectivity index (χ1) is 10.1. The average molecular weight is 293 g/mol. The van der Waals surface area contributed by atoms with Crippen molar-refractivity contribution in [2.75, 3.05) is 25.0 Å². The van der Waals surface area contributed by atoms with Crippen LogP contribution in [0.5, 0.6) is 0 Å². The number of hydrogen-bond donors (Lipinski definition) is 2. The number of rotatable bonds is 6. The Bertz CT molecular complexity index is 455. The van der Waals surface area contributed by atoms with E-state index in [0.29, 0.717) is 19.1 Å². The minimum atomic E-state index is 0.0290. The number of nitrogens with zero attached hydrogens (tertiary/aromatic N) is 3. The minimum Gasteiger partial charge on any atom is -0.330 e. The normalized spacial score (nSPS) is 19.9. The van der Waals surface area contributed by atoms with E-state index in [-0.39, 0.29) is 11.9 Å². The van der Waals surface area contributed by atoms with Crippen LogP contribution >= 0.6 is 0 Å². The number of nitrogens with two attached hydrogens (primary N) is 1. The Balaban J connectivity index is 1.92. The van der Waals surface area contributed by atoms with E-state index in [1.54, 1.807) is 6.20 Å². The quantitative estimate of drug-likeness (QED) is 0.835. The molecule has 0 aliphatic carbocycles. The van der Waals surface area contributed by atoms with Gasteiger partial charge in [-0.2, -0.15) is 5.10 Å². The third-order valence-electron chi connectivity index (χ3n) is 4.02. The molecule has 1 aromatic heterocycles. The van der Waals surface area contributed by atoms with Crippen molar-refractivity contribution in [2.24, 2.45) is 5.73 Å². The Hall–Kier alpha value is -1.40. The number of carbonyl (C=O) groups is 1. The van der Waals surface area contributed by atoms with Gasteiger partial charge in [-0.05, 0) is 46.2 Å². The van der Waals surface area contributed by atoms with E-state index in [0.717, 1.165) is 31.6 Å². The van der Waals surface area contributed by atoms with E-state index in [1.165, 1.54) is 6.42 Å². The number of amides is 1. The first kappa shape index (κ1) is 16.0. The highest BCUT2D eigenvalue weighted by Gasteiger charge is 2.23. The molecule has 0 bridgehead atoms. The third-order valence-corrected chi connectivity index (χ3v) is 4.02. The van der Waals surface area contributed by atoms with Crippen LogP contribution in [-0.2, 0) is 4.79 Å². The molecule has 1 aromatic rings. The molecule has 118 valence electrons. The number of hydrogen-bond acceptors (Lipinski definition) is 4. The Morgan fingerprint density at radius 3 is 3.05 bits per heavy atom. The second kappa shape index (κ2) is 7.56. The van der Waals surface area contributed by atoms with Gasteiger partial charge < -0.3 is 11.1 Å². The van der Waals surface area contributed by atoms with Gasteiger partial charge in [0.1, 0.15) is 5.82 Å². The maximum atomic E-state index is 12.3. The topological polar surface area (TPSA) is 76.2 Å². The molecule has 6 heteroatoms. The summed E-state index contributed by atoms with van der Waals surface area (Å²) < 4.78 is 1.82. The summed E-state index contributed by atoms with van der Waals surface area (Å²) in [5, 5.41) is 7.20. The van der Waals surface area contributed by atoms with Crippen LogP contribution in [-0.4, -0.2) is 46.3 Å². The van der Waals surface area contributed by atoms with Crippen LogP contribution in [0.4, 0.5) is 5.82 Å². The summed E-state index contributed by atoms with van der Waals surface area (Å²) in [6.45, 7) is 6.20. The lowest BCUT2D eigenvalue weighted by atomic mass is 9.99. The monoisotopic (exact) mass is 293 g/mol. The molecule has 6 nitrogen and oxygen atoms in total. The fourth-order valence-electron chi connectivity index (χ4n) is 2.98. The molecule has 0 radical (unpaired) electrons. The number of carbonyl (C=O) groups excluding carboxylic acids is 1. The number of likely N-dealkylation sites (tertiary alicyclic amines) is 1. The van der Waals surface area contributed by atoms with E-state index >= 15 is 0 Å². The predicted octanol–water partition coefficient (Wildman–Crippen LogP) is 1.61. The molecule has 1 aliphatic rings. The summed E-state index contributed by atoms with van der Waals surface area (Å²) in [6, 6.07) is 2.52. The van der Waals surface area contributed by atoms with Crippen molar-refractivity contribution < 1.29 is 4.79 Å². The maximum absolute atomic E-state index is 12.3. The van der Waals surface area contributed by atoms with Crippen LogP contribution < -0.4 is 11.1 Å². The zero-order valence-corrected chi connectivity index (χ0v) is 13.1. The molecule has 2 heterocycles. The summed E-state index contributed by atoms with van der Waals surface area (Å²) in [4.78, 5) is 14.5. The van der Waals surface area contributed by atoms with Crippen LogP contribution in [0.25, 0.3) is 0 Å². The Morgan fingerprint density at radius 1 is 1.52 bits per heavy atom. The van der Waals surface area contributed by atoms with Crippen molar-refractivity contribution >= 4 is 11.7 Å². The molecule has 0 spiro atoms. The van der Waals surface area contributed by atoms with Crippen LogP contribution in [0, 0.1) is 0 Å². The number of aromatic nitrogens is 2. The summed E-state index contributed by atoms with van der Waals surface area (Å²) in [6.07, 6.45) is 6.24. The molecular formula is C15H27N5O. The molecule has 21 heavy (non-hydrogen) atoms. The fraction of sp³-hybridized carbons (Fsp3) is 0.733.